The number of phenols is 1. The van der Waals surface area contributed by atoms with Crippen LogP contribution in [0.5, 0.6) is 5.75 Å². The van der Waals surface area contributed by atoms with Crippen molar-refractivity contribution in [2.45, 2.75) is 32.2 Å². The van der Waals surface area contributed by atoms with Gasteiger partial charge in [0, 0.05) is 12.8 Å². The SMILES string of the molecule is CC(Cc1ccccc1O)[NH2+]CCCc1ccccc1.[Cl-]. The normalized spacial score (nSPS) is 11.7. The summed E-state index contributed by atoms with van der Waals surface area (Å²) in [7, 11) is 0. The van der Waals surface area contributed by atoms with Gasteiger partial charge in [0.05, 0.1) is 12.6 Å². The van der Waals surface area contributed by atoms with Gasteiger partial charge in [0.15, 0.2) is 0 Å². The third-order valence-corrected chi connectivity index (χ3v) is 3.61. The molecule has 0 aromatic heterocycles. The summed E-state index contributed by atoms with van der Waals surface area (Å²) in [6, 6.07) is 18.7. The number of phenolic OH excluding ortho intramolecular Hbond substituents is 1. The highest BCUT2D eigenvalue weighted by molar-refractivity contribution is 5.32. The van der Waals surface area contributed by atoms with E-state index in [1.165, 1.54) is 12.0 Å². The van der Waals surface area contributed by atoms with E-state index in [2.05, 4.69) is 42.6 Å². The molecule has 0 saturated heterocycles. The van der Waals surface area contributed by atoms with Crippen LogP contribution in [0.15, 0.2) is 54.6 Å². The Morgan fingerprint density at radius 1 is 1.00 bits per heavy atom. The van der Waals surface area contributed by atoms with Crippen LogP contribution in [0.25, 0.3) is 0 Å². The highest BCUT2D eigenvalue weighted by Crippen LogP contribution is 2.16. The molecule has 0 bridgehead atoms. The molecule has 21 heavy (non-hydrogen) atoms. The molecule has 3 heteroatoms. The molecular weight excluding hydrogens is 282 g/mol. The zero-order chi connectivity index (χ0) is 14.2. The summed E-state index contributed by atoms with van der Waals surface area (Å²) < 4.78 is 0. The van der Waals surface area contributed by atoms with Crippen LogP contribution in [0.4, 0.5) is 0 Å². The first-order valence-electron chi connectivity index (χ1n) is 7.40. The Balaban J connectivity index is 0.00000220. The van der Waals surface area contributed by atoms with Crippen molar-refractivity contribution in [1.82, 2.24) is 0 Å². The Morgan fingerprint density at radius 2 is 1.67 bits per heavy atom. The van der Waals surface area contributed by atoms with Crippen LogP contribution in [-0.4, -0.2) is 17.7 Å². The number of para-hydroxylation sites is 1. The lowest BCUT2D eigenvalue weighted by Crippen LogP contribution is -3.00. The largest absolute Gasteiger partial charge is 1.00 e. The van der Waals surface area contributed by atoms with E-state index in [1.54, 1.807) is 6.07 Å². The molecule has 0 aliphatic rings. The average Bonchev–Trinajstić information content (AvgIpc) is 2.47. The van der Waals surface area contributed by atoms with Gasteiger partial charge in [0.25, 0.3) is 0 Å². The molecule has 0 spiro atoms. The topological polar surface area (TPSA) is 36.8 Å². The van der Waals surface area contributed by atoms with Crippen molar-refractivity contribution in [3.63, 3.8) is 0 Å². The van der Waals surface area contributed by atoms with E-state index in [1.807, 2.05) is 18.2 Å². The van der Waals surface area contributed by atoms with Crippen LogP contribution >= 0.6 is 0 Å². The number of aryl methyl sites for hydroxylation is 1. The van der Waals surface area contributed by atoms with Crippen molar-refractivity contribution in [3.8, 4) is 5.75 Å². The lowest BCUT2D eigenvalue weighted by Gasteiger charge is -2.11. The summed E-state index contributed by atoms with van der Waals surface area (Å²) in [6.07, 6.45) is 3.24. The van der Waals surface area contributed by atoms with Crippen LogP contribution in [0.3, 0.4) is 0 Å². The van der Waals surface area contributed by atoms with Gasteiger partial charge in [-0.05, 0) is 30.5 Å². The van der Waals surface area contributed by atoms with Gasteiger partial charge in [-0.2, -0.15) is 0 Å². The number of quaternary nitrogens is 1. The maximum absolute atomic E-state index is 9.77. The van der Waals surface area contributed by atoms with Crippen molar-refractivity contribution >= 4 is 0 Å². The monoisotopic (exact) mass is 305 g/mol. The van der Waals surface area contributed by atoms with E-state index in [9.17, 15) is 5.11 Å². The maximum Gasteiger partial charge on any atom is 0.119 e. The number of halogens is 1. The van der Waals surface area contributed by atoms with Gasteiger partial charge in [-0.1, -0.05) is 48.5 Å². The standard InChI is InChI=1S/C18H23NO.ClH/c1-15(14-17-11-5-6-12-18(17)20)19-13-7-10-16-8-3-2-4-9-16;/h2-6,8-9,11-12,15,19-20H,7,10,13-14H2,1H3;1H. The fraction of sp³-hybridized carbons (Fsp3) is 0.333. The molecule has 0 radical (unpaired) electrons. The fourth-order valence-electron chi connectivity index (χ4n) is 2.47. The van der Waals surface area contributed by atoms with Gasteiger partial charge in [-0.25, -0.2) is 0 Å². The highest BCUT2D eigenvalue weighted by atomic mass is 35.5. The predicted molar refractivity (Wildman–Crippen MR) is 82.8 cm³/mol. The first-order valence-corrected chi connectivity index (χ1v) is 7.40. The minimum Gasteiger partial charge on any atom is -1.00 e. The average molecular weight is 306 g/mol. The first-order chi connectivity index (χ1) is 9.75. The molecule has 2 aromatic carbocycles. The number of benzene rings is 2. The van der Waals surface area contributed by atoms with Gasteiger partial charge in [-0.3, -0.25) is 0 Å². The van der Waals surface area contributed by atoms with E-state index >= 15 is 0 Å². The lowest BCUT2D eigenvalue weighted by molar-refractivity contribution is -0.686. The predicted octanol–water partition coefficient (Wildman–Crippen LogP) is -0.477. The molecule has 114 valence electrons. The molecule has 0 fully saturated rings. The first kappa shape index (κ1) is 17.5. The zero-order valence-corrected chi connectivity index (χ0v) is 13.3. The summed E-state index contributed by atoms with van der Waals surface area (Å²) in [4.78, 5) is 0. The summed E-state index contributed by atoms with van der Waals surface area (Å²) in [5.41, 5.74) is 2.45. The summed E-state index contributed by atoms with van der Waals surface area (Å²) in [6.45, 7) is 3.35. The van der Waals surface area contributed by atoms with Gasteiger partial charge < -0.3 is 22.8 Å². The van der Waals surface area contributed by atoms with Gasteiger partial charge in [0.1, 0.15) is 5.75 Å². The van der Waals surface area contributed by atoms with E-state index in [0.29, 0.717) is 11.8 Å². The Morgan fingerprint density at radius 3 is 2.38 bits per heavy atom. The molecule has 1 atom stereocenters. The third kappa shape index (κ3) is 6.19. The fourth-order valence-corrected chi connectivity index (χ4v) is 2.47. The summed E-state index contributed by atoms with van der Waals surface area (Å²) in [5.74, 6) is 0.414. The van der Waals surface area contributed by atoms with Crippen molar-refractivity contribution in [2.75, 3.05) is 6.54 Å². The van der Waals surface area contributed by atoms with Crippen molar-refractivity contribution in [2.24, 2.45) is 0 Å². The van der Waals surface area contributed by atoms with Gasteiger partial charge in [-0.15, -0.1) is 0 Å². The Labute approximate surface area is 133 Å². The maximum atomic E-state index is 9.77. The second kappa shape index (κ2) is 9.43. The number of hydrogen-bond donors (Lipinski definition) is 2. The molecular formula is C18H24ClNO. The molecule has 0 amide bonds. The number of hydrogen-bond acceptors (Lipinski definition) is 1. The van der Waals surface area contributed by atoms with Crippen LogP contribution in [0, 0.1) is 0 Å². The van der Waals surface area contributed by atoms with E-state index < -0.39 is 0 Å². The van der Waals surface area contributed by atoms with E-state index in [-0.39, 0.29) is 12.4 Å². The number of aromatic hydroxyl groups is 1. The molecule has 3 N–H and O–H groups in total. The molecule has 0 heterocycles. The van der Waals surface area contributed by atoms with Crippen LogP contribution in [0.2, 0.25) is 0 Å². The molecule has 2 aromatic rings. The summed E-state index contributed by atoms with van der Waals surface area (Å²) >= 11 is 0. The van der Waals surface area contributed by atoms with Crippen molar-refractivity contribution in [1.29, 1.82) is 0 Å². The smallest absolute Gasteiger partial charge is 0.119 e. The zero-order valence-electron chi connectivity index (χ0n) is 12.5. The van der Waals surface area contributed by atoms with Crippen LogP contribution in [0.1, 0.15) is 24.5 Å². The van der Waals surface area contributed by atoms with Crippen molar-refractivity contribution < 1.29 is 22.8 Å². The second-order valence-electron chi connectivity index (χ2n) is 5.42. The lowest BCUT2D eigenvalue weighted by atomic mass is 10.1. The molecule has 2 rings (SSSR count). The molecule has 0 aliphatic heterocycles. The van der Waals surface area contributed by atoms with Gasteiger partial charge >= 0.3 is 0 Å². The van der Waals surface area contributed by atoms with Crippen molar-refractivity contribution in [3.05, 3.63) is 65.7 Å². The summed E-state index contributed by atoms with van der Waals surface area (Å²) in [5, 5.41) is 12.1. The number of nitrogens with two attached hydrogens (primary N) is 1. The van der Waals surface area contributed by atoms with Crippen LogP contribution in [-0.2, 0) is 12.8 Å². The van der Waals surface area contributed by atoms with Gasteiger partial charge in [0.2, 0.25) is 0 Å². The van der Waals surface area contributed by atoms with E-state index in [4.69, 9.17) is 0 Å². The minimum atomic E-state index is 0. The quantitative estimate of drug-likeness (QED) is 0.667. The molecule has 0 saturated carbocycles. The molecule has 1 unspecified atom stereocenters. The number of rotatable bonds is 7. The molecule has 2 nitrogen and oxygen atoms in total. The minimum absolute atomic E-state index is 0. The second-order valence-corrected chi connectivity index (χ2v) is 5.42. The van der Waals surface area contributed by atoms with Crippen LogP contribution < -0.4 is 17.7 Å². The van der Waals surface area contributed by atoms with E-state index in [0.717, 1.165) is 24.9 Å². The third-order valence-electron chi connectivity index (χ3n) is 3.61. The molecule has 0 aliphatic carbocycles. The Kier molecular flexibility index (Phi) is 7.88. The Bertz CT molecular complexity index is 516. The highest BCUT2D eigenvalue weighted by Gasteiger charge is 2.08. The Hall–Kier alpha value is -1.51.